The number of hydrogen-bond donors (Lipinski definition) is 1. The highest BCUT2D eigenvalue weighted by Gasteiger charge is 2.24. The molecule has 0 bridgehead atoms. The Labute approximate surface area is 102 Å². The maximum Gasteiger partial charge on any atom is 0.00342 e. The van der Waals surface area contributed by atoms with Crippen LogP contribution in [0.25, 0.3) is 0 Å². The Morgan fingerprint density at radius 3 is 2.44 bits per heavy atom. The molecule has 2 nitrogen and oxygen atoms in total. The van der Waals surface area contributed by atoms with Crippen LogP contribution in [0.4, 0.5) is 0 Å². The van der Waals surface area contributed by atoms with Crippen LogP contribution in [0.1, 0.15) is 52.4 Å². The first-order valence-corrected chi connectivity index (χ1v) is 7.29. The van der Waals surface area contributed by atoms with Gasteiger partial charge >= 0.3 is 0 Å². The lowest BCUT2D eigenvalue weighted by molar-refractivity contribution is 0.0977. The standard InChI is InChI=1S/C14H30N2/c1-3-5-6-7-8-10-16-12-14(13-16)11-15-9-4-2/h14-15H,3-13H2,1-2H3. The maximum absolute atomic E-state index is 3.51. The maximum atomic E-state index is 3.51. The van der Waals surface area contributed by atoms with Gasteiger partial charge in [-0.05, 0) is 31.8 Å². The lowest BCUT2D eigenvalue weighted by Crippen LogP contribution is -2.50. The average Bonchev–Trinajstić information content (AvgIpc) is 2.24. The second kappa shape index (κ2) is 9.00. The molecule has 0 saturated carbocycles. The first-order valence-electron chi connectivity index (χ1n) is 7.29. The summed E-state index contributed by atoms with van der Waals surface area (Å²) in [6, 6.07) is 0. The Bertz CT molecular complexity index is 150. The van der Waals surface area contributed by atoms with E-state index in [-0.39, 0.29) is 0 Å². The van der Waals surface area contributed by atoms with E-state index in [1.165, 1.54) is 71.2 Å². The second-order valence-electron chi connectivity index (χ2n) is 5.24. The number of hydrogen-bond acceptors (Lipinski definition) is 2. The summed E-state index contributed by atoms with van der Waals surface area (Å²) in [4.78, 5) is 2.62. The lowest BCUT2D eigenvalue weighted by atomic mass is 9.99. The van der Waals surface area contributed by atoms with Crippen LogP contribution in [0.5, 0.6) is 0 Å². The SMILES string of the molecule is CCCCCCCN1CC(CNCCC)C1. The van der Waals surface area contributed by atoms with E-state index in [2.05, 4.69) is 24.1 Å². The Morgan fingerprint density at radius 1 is 1.00 bits per heavy atom. The summed E-state index contributed by atoms with van der Waals surface area (Å²) in [7, 11) is 0. The summed E-state index contributed by atoms with van der Waals surface area (Å²) in [6.45, 7) is 11.0. The predicted molar refractivity (Wildman–Crippen MR) is 71.8 cm³/mol. The molecule has 0 radical (unpaired) electrons. The molecule has 1 heterocycles. The van der Waals surface area contributed by atoms with E-state index in [1.807, 2.05) is 0 Å². The monoisotopic (exact) mass is 226 g/mol. The zero-order chi connectivity index (χ0) is 11.6. The van der Waals surface area contributed by atoms with Gasteiger partial charge in [0.1, 0.15) is 0 Å². The fourth-order valence-corrected chi connectivity index (χ4v) is 2.41. The minimum atomic E-state index is 0.933. The Balaban J connectivity index is 1.81. The van der Waals surface area contributed by atoms with E-state index in [1.54, 1.807) is 0 Å². The molecular formula is C14H30N2. The molecule has 0 atom stereocenters. The van der Waals surface area contributed by atoms with Crippen molar-refractivity contribution in [1.82, 2.24) is 10.2 Å². The normalized spacial score (nSPS) is 17.6. The molecule has 2 heteroatoms. The molecule has 0 aliphatic carbocycles. The molecule has 1 fully saturated rings. The predicted octanol–water partition coefficient (Wildman–Crippen LogP) is 2.89. The third-order valence-corrected chi connectivity index (χ3v) is 3.47. The van der Waals surface area contributed by atoms with E-state index in [9.17, 15) is 0 Å². The molecule has 96 valence electrons. The highest BCUT2D eigenvalue weighted by atomic mass is 15.2. The zero-order valence-electron chi connectivity index (χ0n) is 11.3. The topological polar surface area (TPSA) is 15.3 Å². The smallest absolute Gasteiger partial charge is 0.00342 e. The molecule has 1 rings (SSSR count). The van der Waals surface area contributed by atoms with Crippen molar-refractivity contribution in [3.63, 3.8) is 0 Å². The van der Waals surface area contributed by atoms with Gasteiger partial charge in [-0.2, -0.15) is 0 Å². The third kappa shape index (κ3) is 5.86. The molecule has 0 spiro atoms. The van der Waals surface area contributed by atoms with Crippen molar-refractivity contribution in [2.75, 3.05) is 32.7 Å². The largest absolute Gasteiger partial charge is 0.316 e. The van der Waals surface area contributed by atoms with E-state index in [0.717, 1.165) is 5.92 Å². The van der Waals surface area contributed by atoms with Crippen molar-refractivity contribution >= 4 is 0 Å². The first kappa shape index (κ1) is 14.0. The van der Waals surface area contributed by atoms with Crippen molar-refractivity contribution in [1.29, 1.82) is 0 Å². The number of nitrogens with one attached hydrogen (secondary N) is 1. The molecule has 0 aromatic rings. The molecular weight excluding hydrogens is 196 g/mol. The van der Waals surface area contributed by atoms with Crippen molar-refractivity contribution in [3.8, 4) is 0 Å². The summed E-state index contributed by atoms with van der Waals surface area (Å²) < 4.78 is 0. The van der Waals surface area contributed by atoms with E-state index in [4.69, 9.17) is 0 Å². The number of likely N-dealkylation sites (tertiary alicyclic amines) is 1. The quantitative estimate of drug-likeness (QED) is 0.576. The van der Waals surface area contributed by atoms with Crippen LogP contribution < -0.4 is 5.32 Å². The Hall–Kier alpha value is -0.0800. The third-order valence-electron chi connectivity index (χ3n) is 3.47. The van der Waals surface area contributed by atoms with E-state index in [0.29, 0.717) is 0 Å². The average molecular weight is 226 g/mol. The number of unbranched alkanes of at least 4 members (excludes halogenated alkanes) is 4. The van der Waals surface area contributed by atoms with Gasteiger partial charge in [0.2, 0.25) is 0 Å². The van der Waals surface area contributed by atoms with Gasteiger partial charge in [0.25, 0.3) is 0 Å². The Kier molecular flexibility index (Phi) is 7.87. The van der Waals surface area contributed by atoms with Gasteiger partial charge < -0.3 is 10.2 Å². The molecule has 1 saturated heterocycles. The molecule has 1 aliphatic heterocycles. The van der Waals surface area contributed by atoms with Gasteiger partial charge in [-0.25, -0.2) is 0 Å². The van der Waals surface area contributed by atoms with Crippen molar-refractivity contribution in [3.05, 3.63) is 0 Å². The van der Waals surface area contributed by atoms with Gasteiger partial charge in [0, 0.05) is 19.6 Å². The van der Waals surface area contributed by atoms with Gasteiger partial charge in [0.15, 0.2) is 0 Å². The molecule has 0 amide bonds. The molecule has 0 unspecified atom stereocenters. The van der Waals surface area contributed by atoms with Crippen molar-refractivity contribution < 1.29 is 0 Å². The van der Waals surface area contributed by atoms with Crippen molar-refractivity contribution in [2.45, 2.75) is 52.4 Å². The van der Waals surface area contributed by atoms with Crippen LogP contribution in [0.15, 0.2) is 0 Å². The van der Waals surface area contributed by atoms with Crippen LogP contribution in [0.2, 0.25) is 0 Å². The van der Waals surface area contributed by atoms with Gasteiger partial charge in [-0.3, -0.25) is 0 Å². The summed E-state index contributed by atoms with van der Waals surface area (Å²) in [5, 5.41) is 3.51. The Morgan fingerprint density at radius 2 is 1.75 bits per heavy atom. The second-order valence-corrected chi connectivity index (χ2v) is 5.24. The first-order chi connectivity index (χ1) is 7.86. The zero-order valence-corrected chi connectivity index (χ0v) is 11.3. The van der Waals surface area contributed by atoms with Gasteiger partial charge in [0.05, 0.1) is 0 Å². The van der Waals surface area contributed by atoms with Gasteiger partial charge in [-0.15, -0.1) is 0 Å². The molecule has 0 aromatic carbocycles. The minimum Gasteiger partial charge on any atom is -0.316 e. The summed E-state index contributed by atoms with van der Waals surface area (Å²) in [5.41, 5.74) is 0. The molecule has 1 aliphatic rings. The molecule has 16 heavy (non-hydrogen) atoms. The van der Waals surface area contributed by atoms with Crippen LogP contribution in [0, 0.1) is 5.92 Å². The summed E-state index contributed by atoms with van der Waals surface area (Å²) in [5.74, 6) is 0.933. The van der Waals surface area contributed by atoms with Gasteiger partial charge in [-0.1, -0.05) is 39.5 Å². The van der Waals surface area contributed by atoms with Crippen LogP contribution in [-0.4, -0.2) is 37.6 Å². The number of nitrogens with zero attached hydrogens (tertiary/aromatic N) is 1. The number of rotatable bonds is 10. The summed E-state index contributed by atoms with van der Waals surface area (Å²) in [6.07, 6.45) is 8.32. The molecule has 0 aromatic heterocycles. The van der Waals surface area contributed by atoms with E-state index < -0.39 is 0 Å². The van der Waals surface area contributed by atoms with E-state index >= 15 is 0 Å². The van der Waals surface area contributed by atoms with Crippen LogP contribution in [-0.2, 0) is 0 Å². The highest BCUT2D eigenvalue weighted by Crippen LogP contribution is 2.15. The summed E-state index contributed by atoms with van der Waals surface area (Å²) >= 11 is 0. The fourth-order valence-electron chi connectivity index (χ4n) is 2.41. The van der Waals surface area contributed by atoms with Crippen LogP contribution >= 0.6 is 0 Å². The lowest BCUT2D eigenvalue weighted by Gasteiger charge is -2.39. The molecule has 1 N–H and O–H groups in total. The minimum absolute atomic E-state index is 0.933. The van der Waals surface area contributed by atoms with Crippen LogP contribution in [0.3, 0.4) is 0 Å². The fraction of sp³-hybridized carbons (Fsp3) is 1.00. The highest BCUT2D eigenvalue weighted by molar-refractivity contribution is 4.80. The van der Waals surface area contributed by atoms with Crippen molar-refractivity contribution in [2.24, 2.45) is 5.92 Å².